The molecule has 2 aromatic rings. The van der Waals surface area contributed by atoms with E-state index >= 15 is 0 Å². The van der Waals surface area contributed by atoms with Crippen LogP contribution in [0.5, 0.6) is 0 Å². The van der Waals surface area contributed by atoms with Gasteiger partial charge >= 0.3 is 5.97 Å². The van der Waals surface area contributed by atoms with Gasteiger partial charge in [-0.25, -0.2) is 4.79 Å². The van der Waals surface area contributed by atoms with Gasteiger partial charge < -0.3 is 10.1 Å². The monoisotopic (exact) mass is 366 g/mol. The summed E-state index contributed by atoms with van der Waals surface area (Å²) in [7, 11) is 1.85. The van der Waals surface area contributed by atoms with Crippen LogP contribution in [0.4, 0.5) is 5.69 Å². The molecule has 7 heteroatoms. The highest BCUT2D eigenvalue weighted by Gasteiger charge is 2.15. The minimum Gasteiger partial charge on any atom is -0.462 e. The molecule has 0 unspecified atom stereocenters. The van der Waals surface area contributed by atoms with Gasteiger partial charge in [0.1, 0.15) is 0 Å². The van der Waals surface area contributed by atoms with Crippen molar-refractivity contribution in [2.45, 2.75) is 13.5 Å². The molecule has 0 fully saturated rings. The van der Waals surface area contributed by atoms with Crippen LogP contribution in [0.3, 0.4) is 0 Å². The van der Waals surface area contributed by atoms with E-state index in [9.17, 15) is 9.59 Å². The third-order valence-corrected chi connectivity index (χ3v) is 4.38. The fourth-order valence-electron chi connectivity index (χ4n) is 2.17. The molecule has 0 aliphatic heterocycles. The Hall–Kier alpha value is -1.89. The first-order valence-electron chi connectivity index (χ1n) is 7.48. The Morgan fingerprint density at radius 2 is 2.00 bits per heavy atom. The van der Waals surface area contributed by atoms with Crippen molar-refractivity contribution in [3.8, 4) is 0 Å². The lowest BCUT2D eigenvalue weighted by Gasteiger charge is -2.16. The lowest BCUT2D eigenvalue weighted by atomic mass is 10.2. The summed E-state index contributed by atoms with van der Waals surface area (Å²) in [5.41, 5.74) is 0.800. The van der Waals surface area contributed by atoms with Crippen LogP contribution < -0.4 is 5.32 Å². The van der Waals surface area contributed by atoms with Gasteiger partial charge in [-0.1, -0.05) is 23.7 Å². The molecule has 2 rings (SSSR count). The second-order valence-electron chi connectivity index (χ2n) is 5.19. The average Bonchev–Trinajstić information content (AvgIpc) is 2.92. The van der Waals surface area contributed by atoms with E-state index in [0.29, 0.717) is 17.8 Å². The van der Waals surface area contributed by atoms with Gasteiger partial charge in [0.05, 0.1) is 28.7 Å². The lowest BCUT2D eigenvalue weighted by molar-refractivity contribution is -0.117. The number of anilines is 1. The fraction of sp³-hybridized carbons (Fsp3) is 0.294. The Morgan fingerprint density at radius 1 is 1.25 bits per heavy atom. The van der Waals surface area contributed by atoms with E-state index in [1.807, 2.05) is 24.1 Å². The predicted octanol–water partition coefficient (Wildman–Crippen LogP) is 3.65. The van der Waals surface area contributed by atoms with Crippen LogP contribution in [0, 0.1) is 0 Å². The first kappa shape index (κ1) is 18.4. The van der Waals surface area contributed by atoms with Crippen molar-refractivity contribution >= 4 is 40.5 Å². The van der Waals surface area contributed by atoms with Gasteiger partial charge in [0.2, 0.25) is 5.91 Å². The highest BCUT2D eigenvalue weighted by Crippen LogP contribution is 2.22. The highest BCUT2D eigenvalue weighted by atomic mass is 35.5. The highest BCUT2D eigenvalue weighted by molar-refractivity contribution is 7.16. The number of thiophene rings is 1. The van der Waals surface area contributed by atoms with E-state index in [4.69, 9.17) is 16.3 Å². The summed E-state index contributed by atoms with van der Waals surface area (Å²) in [4.78, 5) is 27.1. The maximum atomic E-state index is 12.2. The quantitative estimate of drug-likeness (QED) is 0.760. The van der Waals surface area contributed by atoms with E-state index in [1.54, 1.807) is 31.2 Å². The molecule has 24 heavy (non-hydrogen) atoms. The number of hydrogen-bond acceptors (Lipinski definition) is 5. The molecule has 1 aromatic carbocycles. The van der Waals surface area contributed by atoms with E-state index in [1.165, 1.54) is 11.3 Å². The van der Waals surface area contributed by atoms with Crippen molar-refractivity contribution in [2.24, 2.45) is 0 Å². The molecule has 1 amide bonds. The van der Waals surface area contributed by atoms with Crippen LogP contribution in [-0.4, -0.2) is 37.0 Å². The molecule has 1 N–H and O–H groups in total. The first-order chi connectivity index (χ1) is 11.5. The molecule has 1 aromatic heterocycles. The number of benzene rings is 1. The first-order valence-corrected chi connectivity index (χ1v) is 8.67. The molecule has 0 saturated heterocycles. The average molecular weight is 367 g/mol. The van der Waals surface area contributed by atoms with E-state index in [2.05, 4.69) is 5.32 Å². The van der Waals surface area contributed by atoms with Crippen molar-refractivity contribution < 1.29 is 14.3 Å². The van der Waals surface area contributed by atoms with Crippen LogP contribution in [0.25, 0.3) is 0 Å². The zero-order valence-electron chi connectivity index (χ0n) is 13.5. The zero-order chi connectivity index (χ0) is 17.5. The van der Waals surface area contributed by atoms with Crippen molar-refractivity contribution in [1.82, 2.24) is 4.90 Å². The third kappa shape index (κ3) is 5.33. The topological polar surface area (TPSA) is 58.6 Å². The summed E-state index contributed by atoms with van der Waals surface area (Å²) in [6, 6.07) is 10.6. The second-order valence-corrected chi connectivity index (χ2v) is 6.99. The molecule has 0 aliphatic carbocycles. The van der Waals surface area contributed by atoms with Crippen molar-refractivity contribution in [3.63, 3.8) is 0 Å². The molecule has 5 nitrogen and oxygen atoms in total. The minimum absolute atomic E-state index is 0.197. The molecular weight excluding hydrogens is 348 g/mol. The SMILES string of the molecule is CCOC(=O)c1ccccc1NC(=O)CN(C)Cc1ccc(Cl)s1. The number of nitrogens with one attached hydrogen (secondary N) is 1. The number of esters is 1. The molecule has 0 bridgehead atoms. The van der Waals surface area contributed by atoms with E-state index in [-0.39, 0.29) is 19.1 Å². The Kier molecular flexibility index (Phi) is 6.78. The van der Waals surface area contributed by atoms with Gasteiger partial charge in [-0.2, -0.15) is 0 Å². The van der Waals surface area contributed by atoms with Gasteiger partial charge in [0.25, 0.3) is 0 Å². The van der Waals surface area contributed by atoms with Crippen molar-refractivity contribution in [1.29, 1.82) is 0 Å². The van der Waals surface area contributed by atoms with Gasteiger partial charge in [-0.3, -0.25) is 9.69 Å². The van der Waals surface area contributed by atoms with Gasteiger partial charge in [0, 0.05) is 11.4 Å². The Bertz CT molecular complexity index is 717. The van der Waals surface area contributed by atoms with E-state index in [0.717, 1.165) is 9.21 Å². The number of likely N-dealkylation sites (N-methyl/N-ethyl adjacent to an activating group) is 1. The smallest absolute Gasteiger partial charge is 0.340 e. The molecule has 0 aliphatic rings. The number of halogens is 1. The third-order valence-electron chi connectivity index (χ3n) is 3.16. The summed E-state index contributed by atoms with van der Waals surface area (Å²) in [6.45, 7) is 2.86. The van der Waals surface area contributed by atoms with Crippen molar-refractivity contribution in [3.05, 3.63) is 51.2 Å². The Balaban J connectivity index is 1.95. The molecule has 1 heterocycles. The summed E-state index contributed by atoms with van der Waals surface area (Å²) in [5.74, 6) is -0.646. The molecule has 128 valence electrons. The molecule has 0 saturated carbocycles. The van der Waals surface area contributed by atoms with Crippen LogP contribution in [0.2, 0.25) is 4.34 Å². The summed E-state index contributed by atoms with van der Waals surface area (Å²) in [6.07, 6.45) is 0. The largest absolute Gasteiger partial charge is 0.462 e. The molecule has 0 atom stereocenters. The van der Waals surface area contributed by atoms with Crippen LogP contribution in [0.15, 0.2) is 36.4 Å². The Morgan fingerprint density at radius 3 is 2.67 bits per heavy atom. The number of carbonyl (C=O) groups excluding carboxylic acids is 2. The number of amides is 1. The van der Waals surface area contributed by atoms with Crippen LogP contribution >= 0.6 is 22.9 Å². The maximum absolute atomic E-state index is 12.2. The predicted molar refractivity (Wildman–Crippen MR) is 96.7 cm³/mol. The van der Waals surface area contributed by atoms with E-state index < -0.39 is 5.97 Å². The lowest BCUT2D eigenvalue weighted by Crippen LogP contribution is -2.30. The van der Waals surface area contributed by atoms with Gasteiger partial charge in [0.15, 0.2) is 0 Å². The van der Waals surface area contributed by atoms with Crippen LogP contribution in [-0.2, 0) is 16.1 Å². The summed E-state index contributed by atoms with van der Waals surface area (Å²) in [5, 5.41) is 2.77. The molecule has 0 radical (unpaired) electrons. The molecule has 0 spiro atoms. The standard InChI is InChI=1S/C17H19ClN2O3S/c1-3-23-17(22)13-6-4-5-7-14(13)19-16(21)11-20(2)10-12-8-9-15(18)24-12/h4-9H,3,10-11H2,1-2H3,(H,19,21). The number of carbonyl (C=O) groups is 2. The summed E-state index contributed by atoms with van der Waals surface area (Å²) < 4.78 is 5.73. The molecular formula is C17H19ClN2O3S. The van der Waals surface area contributed by atoms with Gasteiger partial charge in [-0.05, 0) is 38.2 Å². The van der Waals surface area contributed by atoms with Crippen molar-refractivity contribution in [2.75, 3.05) is 25.5 Å². The number of para-hydroxylation sites is 1. The normalized spacial score (nSPS) is 10.7. The second kappa shape index (κ2) is 8.82. The minimum atomic E-state index is -0.449. The Labute approximate surface area is 150 Å². The summed E-state index contributed by atoms with van der Waals surface area (Å²) >= 11 is 7.40. The number of ether oxygens (including phenoxy) is 1. The van der Waals surface area contributed by atoms with Crippen LogP contribution in [0.1, 0.15) is 22.2 Å². The zero-order valence-corrected chi connectivity index (χ0v) is 15.1. The van der Waals surface area contributed by atoms with Gasteiger partial charge in [-0.15, -0.1) is 11.3 Å². The number of hydrogen-bond donors (Lipinski definition) is 1. The number of nitrogens with zero attached hydrogens (tertiary/aromatic N) is 1. The maximum Gasteiger partial charge on any atom is 0.340 e. The fourth-order valence-corrected chi connectivity index (χ4v) is 3.34. The number of rotatable bonds is 7.